The highest BCUT2D eigenvalue weighted by Crippen LogP contribution is 2.41. The predicted molar refractivity (Wildman–Crippen MR) is 129 cm³/mol. The van der Waals surface area contributed by atoms with Gasteiger partial charge < -0.3 is 9.47 Å². The second-order valence-electron chi connectivity index (χ2n) is 11.2. The van der Waals surface area contributed by atoms with Gasteiger partial charge in [-0.3, -0.25) is 14.9 Å². The number of carbonyl (C=O) groups is 2. The molecule has 4 rings (SSSR count). The molecule has 1 N–H and O–H groups in total. The Hall–Kier alpha value is -2.61. The van der Waals surface area contributed by atoms with Gasteiger partial charge in [0.2, 0.25) is 0 Å². The predicted octanol–water partition coefficient (Wildman–Crippen LogP) is 5.43. The van der Waals surface area contributed by atoms with Gasteiger partial charge in [-0.15, -0.1) is 0 Å². The number of aromatic nitrogens is 1. The van der Waals surface area contributed by atoms with Crippen molar-refractivity contribution < 1.29 is 22.8 Å². The molecule has 0 aliphatic carbocycles. The molecule has 0 unspecified atom stereocenters. The van der Waals surface area contributed by atoms with Gasteiger partial charge >= 0.3 is 6.18 Å². The van der Waals surface area contributed by atoms with Crippen molar-refractivity contribution in [1.29, 1.82) is 0 Å². The van der Waals surface area contributed by atoms with E-state index >= 15 is 0 Å². The van der Waals surface area contributed by atoms with Gasteiger partial charge in [-0.05, 0) is 68.4 Å². The SMILES string of the molecule is CCC(C)(C)c1ccc(C(=O)N2CCC3(CC2)NC(C)(C)Cn2c(C(=O)C(F)(F)F)ccc23)cc1. The molecule has 5 nitrogen and oxygen atoms in total. The molecule has 2 aromatic rings. The number of benzene rings is 1. The van der Waals surface area contributed by atoms with E-state index in [4.69, 9.17) is 0 Å². The molecular weight excluding hydrogens is 455 g/mol. The van der Waals surface area contributed by atoms with Crippen LogP contribution in [0.5, 0.6) is 0 Å². The molecule has 1 fully saturated rings. The number of nitrogens with one attached hydrogen (secondary N) is 1. The summed E-state index contributed by atoms with van der Waals surface area (Å²) in [4.78, 5) is 27.1. The van der Waals surface area contributed by atoms with Crippen LogP contribution < -0.4 is 5.32 Å². The van der Waals surface area contributed by atoms with E-state index in [0.29, 0.717) is 37.2 Å². The molecule has 0 radical (unpaired) electrons. The fourth-order valence-electron chi connectivity index (χ4n) is 5.47. The molecule has 1 amide bonds. The van der Waals surface area contributed by atoms with Gasteiger partial charge in [-0.25, -0.2) is 0 Å². The second-order valence-corrected chi connectivity index (χ2v) is 11.2. The van der Waals surface area contributed by atoms with E-state index in [0.717, 1.165) is 6.42 Å². The number of Topliss-reactive ketones (excluding diaryl/α,β-unsaturated/α-hetero) is 1. The Morgan fingerprint density at radius 3 is 2.14 bits per heavy atom. The average molecular weight is 490 g/mol. The van der Waals surface area contributed by atoms with E-state index in [1.165, 1.54) is 16.2 Å². The molecule has 1 aromatic carbocycles. The molecule has 190 valence electrons. The molecule has 1 spiro atoms. The molecule has 35 heavy (non-hydrogen) atoms. The molecule has 2 aliphatic heterocycles. The van der Waals surface area contributed by atoms with E-state index in [9.17, 15) is 22.8 Å². The number of hydrogen-bond donors (Lipinski definition) is 1. The quantitative estimate of drug-likeness (QED) is 0.583. The number of hydrogen-bond acceptors (Lipinski definition) is 3. The lowest BCUT2D eigenvalue weighted by Gasteiger charge is -2.51. The lowest BCUT2D eigenvalue weighted by Crippen LogP contribution is -2.63. The van der Waals surface area contributed by atoms with Crippen LogP contribution in [-0.4, -0.2) is 46.0 Å². The zero-order valence-electron chi connectivity index (χ0n) is 21.1. The van der Waals surface area contributed by atoms with Gasteiger partial charge in [-0.2, -0.15) is 13.2 Å². The second kappa shape index (κ2) is 8.50. The molecular formula is C27H34F3N3O2. The van der Waals surface area contributed by atoms with Gasteiger partial charge in [0.1, 0.15) is 0 Å². The van der Waals surface area contributed by atoms with Crippen molar-refractivity contribution in [1.82, 2.24) is 14.8 Å². The fraction of sp³-hybridized carbons (Fsp3) is 0.556. The minimum atomic E-state index is -4.92. The van der Waals surface area contributed by atoms with Crippen LogP contribution in [-0.2, 0) is 17.5 Å². The van der Waals surface area contributed by atoms with E-state index in [-0.39, 0.29) is 23.6 Å². The number of ketones is 1. The van der Waals surface area contributed by atoms with Crippen LogP contribution in [0.1, 0.15) is 86.0 Å². The van der Waals surface area contributed by atoms with Gasteiger partial charge in [0, 0.05) is 36.4 Å². The van der Waals surface area contributed by atoms with Crippen molar-refractivity contribution in [2.45, 2.75) is 83.1 Å². The van der Waals surface area contributed by atoms with E-state index in [1.54, 1.807) is 6.07 Å². The van der Waals surface area contributed by atoms with Gasteiger partial charge in [0.05, 0.1) is 11.2 Å². The van der Waals surface area contributed by atoms with Crippen molar-refractivity contribution in [3.63, 3.8) is 0 Å². The van der Waals surface area contributed by atoms with Crippen molar-refractivity contribution in [3.05, 3.63) is 58.9 Å². The molecule has 3 heterocycles. The number of rotatable bonds is 4. The summed E-state index contributed by atoms with van der Waals surface area (Å²) in [7, 11) is 0. The molecule has 8 heteroatoms. The third kappa shape index (κ3) is 4.65. The molecule has 0 saturated carbocycles. The van der Waals surface area contributed by atoms with E-state index in [1.807, 2.05) is 43.0 Å². The van der Waals surface area contributed by atoms with Crippen LogP contribution in [0.15, 0.2) is 36.4 Å². The van der Waals surface area contributed by atoms with Crippen molar-refractivity contribution in [3.8, 4) is 0 Å². The van der Waals surface area contributed by atoms with E-state index < -0.39 is 23.0 Å². The highest BCUT2D eigenvalue weighted by molar-refractivity contribution is 5.99. The zero-order valence-corrected chi connectivity index (χ0v) is 21.1. The topological polar surface area (TPSA) is 54.3 Å². The molecule has 2 aliphatic rings. The number of amides is 1. The number of piperidine rings is 1. The number of carbonyl (C=O) groups excluding carboxylic acids is 2. The number of nitrogens with zero attached hydrogens (tertiary/aromatic N) is 2. The Labute approximate surface area is 204 Å². The Morgan fingerprint density at radius 2 is 1.60 bits per heavy atom. The molecule has 0 bridgehead atoms. The van der Waals surface area contributed by atoms with Gasteiger partial charge in [0.15, 0.2) is 0 Å². The normalized spacial score (nSPS) is 19.5. The average Bonchev–Trinajstić information content (AvgIpc) is 3.21. The minimum absolute atomic E-state index is 0.0415. The number of halogens is 3. The molecule has 1 aromatic heterocycles. The van der Waals surface area contributed by atoms with Gasteiger partial charge in [0.25, 0.3) is 11.7 Å². The fourth-order valence-corrected chi connectivity index (χ4v) is 5.47. The lowest BCUT2D eigenvalue weighted by molar-refractivity contribution is -0.0892. The zero-order chi connectivity index (χ0) is 25.8. The number of fused-ring (bicyclic) bond motifs is 2. The maximum Gasteiger partial charge on any atom is 0.456 e. The summed E-state index contributed by atoms with van der Waals surface area (Å²) in [6, 6.07) is 10.7. The summed E-state index contributed by atoms with van der Waals surface area (Å²) in [6.07, 6.45) is -2.83. The first-order valence-electron chi connectivity index (χ1n) is 12.2. The van der Waals surface area contributed by atoms with Crippen LogP contribution >= 0.6 is 0 Å². The maximum absolute atomic E-state index is 13.2. The summed E-state index contributed by atoms with van der Waals surface area (Å²) in [5.74, 6) is -1.86. The standard InChI is InChI=1S/C27H34F3N3O2/c1-6-24(2,3)19-9-7-18(8-10-19)23(35)32-15-13-26(14-16-32)21-12-11-20(22(34)27(28,29)30)33(21)17-25(4,5)31-26/h7-12,31H,6,13-17H2,1-5H3. The van der Waals surface area contributed by atoms with Crippen molar-refractivity contribution in [2.24, 2.45) is 0 Å². The first-order chi connectivity index (χ1) is 16.2. The third-order valence-corrected chi connectivity index (χ3v) is 7.79. The van der Waals surface area contributed by atoms with Crippen LogP contribution in [0.2, 0.25) is 0 Å². The van der Waals surface area contributed by atoms with Crippen molar-refractivity contribution >= 4 is 11.7 Å². The Balaban J connectivity index is 1.55. The smallest absolute Gasteiger partial charge is 0.338 e. The molecule has 0 atom stereocenters. The van der Waals surface area contributed by atoms with Crippen molar-refractivity contribution in [2.75, 3.05) is 13.1 Å². The highest BCUT2D eigenvalue weighted by atomic mass is 19.4. The maximum atomic E-state index is 13.2. The van der Waals surface area contributed by atoms with Crippen LogP contribution in [0.3, 0.4) is 0 Å². The first kappa shape index (κ1) is 25.5. The monoisotopic (exact) mass is 489 g/mol. The number of likely N-dealkylation sites (tertiary alicyclic amines) is 1. The number of alkyl halides is 3. The summed E-state index contributed by atoms with van der Waals surface area (Å²) in [5, 5.41) is 3.63. The first-order valence-corrected chi connectivity index (χ1v) is 12.2. The third-order valence-electron chi connectivity index (χ3n) is 7.79. The summed E-state index contributed by atoms with van der Waals surface area (Å²) >= 11 is 0. The van der Waals surface area contributed by atoms with Crippen LogP contribution in [0.4, 0.5) is 13.2 Å². The Morgan fingerprint density at radius 1 is 1.00 bits per heavy atom. The van der Waals surface area contributed by atoms with Crippen LogP contribution in [0.25, 0.3) is 0 Å². The molecule has 1 saturated heterocycles. The highest BCUT2D eigenvalue weighted by Gasteiger charge is 2.49. The summed E-state index contributed by atoms with van der Waals surface area (Å²) in [5.41, 5.74) is 1.11. The Bertz CT molecular complexity index is 1120. The lowest BCUT2D eigenvalue weighted by atomic mass is 9.79. The van der Waals surface area contributed by atoms with Gasteiger partial charge in [-0.1, -0.05) is 32.9 Å². The summed E-state index contributed by atoms with van der Waals surface area (Å²) in [6.45, 7) is 11.5. The van der Waals surface area contributed by atoms with E-state index in [2.05, 4.69) is 26.1 Å². The van der Waals surface area contributed by atoms with Crippen LogP contribution in [0, 0.1) is 0 Å². The Kier molecular flexibility index (Phi) is 6.19. The summed E-state index contributed by atoms with van der Waals surface area (Å²) < 4.78 is 41.1. The minimum Gasteiger partial charge on any atom is -0.338 e. The largest absolute Gasteiger partial charge is 0.456 e.